The van der Waals surface area contributed by atoms with Crippen molar-refractivity contribution in [3.05, 3.63) is 62.3 Å². The van der Waals surface area contributed by atoms with Gasteiger partial charge in [-0.15, -0.1) is 0 Å². The average Bonchev–Trinajstić information content (AvgIpc) is 2.40. The Morgan fingerprint density at radius 1 is 1.15 bits per heavy atom. The average molecular weight is 403 g/mol. The van der Waals surface area contributed by atoms with Crippen molar-refractivity contribution in [3.8, 4) is 5.75 Å². The summed E-state index contributed by atoms with van der Waals surface area (Å²) in [5.41, 5.74) is 1.59. The Labute approximate surface area is 132 Å². The SMILES string of the molecule is O/N=C\c1cc(Br)c(OCc2ccc(F)cc2)c(Br)c1. The van der Waals surface area contributed by atoms with Gasteiger partial charge in [-0.25, -0.2) is 4.39 Å². The Hall–Kier alpha value is -1.40. The molecule has 2 aromatic carbocycles. The van der Waals surface area contributed by atoms with Crippen LogP contribution in [0.2, 0.25) is 0 Å². The number of halogens is 3. The summed E-state index contributed by atoms with van der Waals surface area (Å²) in [7, 11) is 0. The van der Waals surface area contributed by atoms with Crippen LogP contribution in [0.15, 0.2) is 50.5 Å². The minimum Gasteiger partial charge on any atom is -0.487 e. The van der Waals surface area contributed by atoms with Gasteiger partial charge in [0.25, 0.3) is 0 Å². The van der Waals surface area contributed by atoms with Crippen LogP contribution in [0.5, 0.6) is 5.75 Å². The molecule has 0 aliphatic heterocycles. The highest BCUT2D eigenvalue weighted by molar-refractivity contribution is 9.11. The molecule has 0 radical (unpaired) electrons. The van der Waals surface area contributed by atoms with Crippen LogP contribution in [-0.4, -0.2) is 11.4 Å². The van der Waals surface area contributed by atoms with Crippen LogP contribution >= 0.6 is 31.9 Å². The van der Waals surface area contributed by atoms with Crippen molar-refractivity contribution in [2.75, 3.05) is 0 Å². The van der Waals surface area contributed by atoms with Crippen molar-refractivity contribution in [3.63, 3.8) is 0 Å². The lowest BCUT2D eigenvalue weighted by molar-refractivity contribution is 0.302. The lowest BCUT2D eigenvalue weighted by atomic mass is 10.2. The normalized spacial score (nSPS) is 10.9. The first-order chi connectivity index (χ1) is 9.60. The zero-order valence-electron chi connectivity index (χ0n) is 10.2. The molecule has 3 nitrogen and oxygen atoms in total. The van der Waals surface area contributed by atoms with E-state index in [1.165, 1.54) is 18.3 Å². The van der Waals surface area contributed by atoms with Crippen molar-refractivity contribution >= 4 is 38.1 Å². The standard InChI is InChI=1S/C14H10Br2FNO2/c15-12-5-10(7-18-19)6-13(16)14(12)20-8-9-1-3-11(17)4-2-9/h1-7,19H,8H2/b18-7-. The van der Waals surface area contributed by atoms with Crippen LogP contribution < -0.4 is 4.74 Å². The molecule has 0 saturated carbocycles. The second kappa shape index (κ2) is 6.85. The van der Waals surface area contributed by atoms with Crippen LogP contribution in [0.3, 0.4) is 0 Å². The molecule has 0 aromatic heterocycles. The van der Waals surface area contributed by atoms with Crippen molar-refractivity contribution < 1.29 is 14.3 Å². The van der Waals surface area contributed by atoms with E-state index >= 15 is 0 Å². The summed E-state index contributed by atoms with van der Waals surface area (Å²) >= 11 is 6.79. The molecule has 0 atom stereocenters. The van der Waals surface area contributed by atoms with Crippen molar-refractivity contribution in [1.82, 2.24) is 0 Å². The van der Waals surface area contributed by atoms with Gasteiger partial charge in [-0.2, -0.15) is 0 Å². The Morgan fingerprint density at radius 2 is 1.75 bits per heavy atom. The van der Waals surface area contributed by atoms with Crippen LogP contribution in [0.1, 0.15) is 11.1 Å². The van der Waals surface area contributed by atoms with E-state index in [1.807, 2.05) is 0 Å². The Balaban J connectivity index is 2.15. The summed E-state index contributed by atoms with van der Waals surface area (Å²) in [6.07, 6.45) is 1.32. The van der Waals surface area contributed by atoms with E-state index in [2.05, 4.69) is 37.0 Å². The third kappa shape index (κ3) is 3.80. The maximum absolute atomic E-state index is 12.8. The molecule has 0 aliphatic rings. The van der Waals surface area contributed by atoms with Crippen LogP contribution in [-0.2, 0) is 6.61 Å². The summed E-state index contributed by atoms with van der Waals surface area (Å²) < 4.78 is 20.0. The first-order valence-electron chi connectivity index (χ1n) is 5.64. The minimum absolute atomic E-state index is 0.274. The zero-order chi connectivity index (χ0) is 14.5. The fourth-order valence-corrected chi connectivity index (χ4v) is 3.05. The maximum atomic E-state index is 12.8. The lowest BCUT2D eigenvalue weighted by Gasteiger charge is -2.11. The molecule has 2 rings (SSSR count). The summed E-state index contributed by atoms with van der Waals surface area (Å²) in [5.74, 6) is 0.355. The van der Waals surface area contributed by atoms with Gasteiger partial charge in [0.05, 0.1) is 15.2 Å². The summed E-state index contributed by atoms with van der Waals surface area (Å²) in [6.45, 7) is 0.324. The first kappa shape index (κ1) is 15.0. The minimum atomic E-state index is -0.274. The molecule has 2 aromatic rings. The van der Waals surface area contributed by atoms with Crippen LogP contribution in [0.25, 0.3) is 0 Å². The van der Waals surface area contributed by atoms with Crippen LogP contribution in [0.4, 0.5) is 4.39 Å². The highest BCUT2D eigenvalue weighted by Gasteiger charge is 2.09. The number of ether oxygens (including phenoxy) is 1. The fourth-order valence-electron chi connectivity index (χ4n) is 1.59. The summed E-state index contributed by atoms with van der Waals surface area (Å²) in [5, 5.41) is 11.5. The fraction of sp³-hybridized carbons (Fsp3) is 0.0714. The lowest BCUT2D eigenvalue weighted by Crippen LogP contribution is -1.98. The zero-order valence-corrected chi connectivity index (χ0v) is 13.4. The summed E-state index contributed by atoms with van der Waals surface area (Å²) in [4.78, 5) is 0. The second-order valence-corrected chi connectivity index (χ2v) is 5.68. The molecule has 0 fully saturated rings. The summed E-state index contributed by atoms with van der Waals surface area (Å²) in [6, 6.07) is 9.66. The van der Waals surface area contributed by atoms with Gasteiger partial charge in [-0.3, -0.25) is 0 Å². The van der Waals surface area contributed by atoms with E-state index < -0.39 is 0 Å². The van der Waals surface area contributed by atoms with E-state index in [-0.39, 0.29) is 5.82 Å². The number of hydrogen-bond acceptors (Lipinski definition) is 3. The predicted octanol–water partition coefficient (Wildman–Crippen LogP) is 4.74. The van der Waals surface area contributed by atoms with Gasteiger partial charge >= 0.3 is 0 Å². The maximum Gasteiger partial charge on any atom is 0.148 e. The smallest absolute Gasteiger partial charge is 0.148 e. The molecule has 104 valence electrons. The number of nitrogens with zero attached hydrogens (tertiary/aromatic N) is 1. The van der Waals surface area contributed by atoms with Crippen molar-refractivity contribution in [2.45, 2.75) is 6.61 Å². The molecule has 0 unspecified atom stereocenters. The van der Waals surface area contributed by atoms with Crippen LogP contribution in [0, 0.1) is 5.82 Å². The van der Waals surface area contributed by atoms with Gasteiger partial charge in [-0.05, 0) is 67.3 Å². The van der Waals surface area contributed by atoms with Gasteiger partial charge in [0, 0.05) is 0 Å². The van der Waals surface area contributed by atoms with E-state index in [0.29, 0.717) is 12.4 Å². The predicted molar refractivity (Wildman–Crippen MR) is 82.0 cm³/mol. The molecule has 0 bridgehead atoms. The second-order valence-electron chi connectivity index (χ2n) is 3.97. The Kier molecular flexibility index (Phi) is 5.14. The number of rotatable bonds is 4. The van der Waals surface area contributed by atoms with E-state index in [9.17, 15) is 4.39 Å². The quantitative estimate of drug-likeness (QED) is 0.456. The highest BCUT2D eigenvalue weighted by atomic mass is 79.9. The first-order valence-corrected chi connectivity index (χ1v) is 7.22. The molecule has 0 spiro atoms. The molecule has 1 N–H and O–H groups in total. The topological polar surface area (TPSA) is 41.8 Å². The molecule has 20 heavy (non-hydrogen) atoms. The van der Waals surface area contributed by atoms with Gasteiger partial charge in [0.1, 0.15) is 18.2 Å². The molecule has 0 amide bonds. The van der Waals surface area contributed by atoms with Gasteiger partial charge < -0.3 is 9.94 Å². The van der Waals surface area contributed by atoms with Crippen molar-refractivity contribution in [2.24, 2.45) is 5.16 Å². The largest absolute Gasteiger partial charge is 0.487 e. The molecule has 6 heteroatoms. The highest BCUT2D eigenvalue weighted by Crippen LogP contribution is 2.35. The molecular formula is C14H10Br2FNO2. The van der Waals surface area contributed by atoms with Gasteiger partial charge in [-0.1, -0.05) is 17.3 Å². The third-order valence-electron chi connectivity index (χ3n) is 2.52. The Morgan fingerprint density at radius 3 is 2.30 bits per heavy atom. The monoisotopic (exact) mass is 401 g/mol. The number of hydrogen-bond donors (Lipinski definition) is 1. The van der Waals surface area contributed by atoms with E-state index in [4.69, 9.17) is 9.94 Å². The van der Waals surface area contributed by atoms with Gasteiger partial charge in [0.15, 0.2) is 0 Å². The number of oxime groups is 1. The van der Waals surface area contributed by atoms with Gasteiger partial charge in [0.2, 0.25) is 0 Å². The molecular weight excluding hydrogens is 393 g/mol. The molecule has 0 saturated heterocycles. The molecule has 0 heterocycles. The van der Waals surface area contributed by atoms with Crippen molar-refractivity contribution in [1.29, 1.82) is 0 Å². The Bertz CT molecular complexity index is 607. The van der Waals surface area contributed by atoms with E-state index in [1.54, 1.807) is 24.3 Å². The van der Waals surface area contributed by atoms with E-state index in [0.717, 1.165) is 20.1 Å². The molecule has 0 aliphatic carbocycles. The third-order valence-corrected chi connectivity index (χ3v) is 3.70. The number of benzene rings is 2.